The van der Waals surface area contributed by atoms with Gasteiger partial charge in [0.25, 0.3) is 11.8 Å². The zero-order valence-corrected chi connectivity index (χ0v) is 26.3. The number of thiazole rings is 1. The number of methoxy groups -OCH3 is 2. The molecule has 5 aromatic rings. The van der Waals surface area contributed by atoms with E-state index in [1.54, 1.807) is 73.7 Å². The molecule has 0 bridgehead atoms. The predicted molar refractivity (Wildman–Crippen MR) is 180 cm³/mol. The Morgan fingerprint density at radius 1 is 0.867 bits per heavy atom. The molecule has 0 radical (unpaired) electrons. The number of nitrogens with zero attached hydrogens (tertiary/aromatic N) is 1. The van der Waals surface area contributed by atoms with Crippen molar-refractivity contribution in [3.8, 4) is 11.5 Å². The van der Waals surface area contributed by atoms with E-state index in [1.165, 1.54) is 43.4 Å². The van der Waals surface area contributed by atoms with E-state index in [-0.39, 0.29) is 11.6 Å². The highest BCUT2D eigenvalue weighted by Crippen LogP contribution is 2.33. The Bertz CT molecular complexity index is 1840. The van der Waals surface area contributed by atoms with Crippen molar-refractivity contribution >= 4 is 67.9 Å². The van der Waals surface area contributed by atoms with E-state index in [0.29, 0.717) is 33.4 Å². The molecule has 1 atom stereocenters. The number of para-hydroxylation sites is 2. The summed E-state index contributed by atoms with van der Waals surface area (Å²) in [6.07, 6.45) is 1.53. The lowest BCUT2D eigenvalue weighted by atomic mass is 10.1. The lowest BCUT2D eigenvalue weighted by Crippen LogP contribution is -2.30. The van der Waals surface area contributed by atoms with Crippen LogP contribution in [-0.2, 0) is 9.59 Å². The van der Waals surface area contributed by atoms with Gasteiger partial charge < -0.3 is 25.4 Å². The Hall–Kier alpha value is -5.13. The third-order valence-electron chi connectivity index (χ3n) is 6.56. The minimum Gasteiger partial charge on any atom is -0.493 e. The fourth-order valence-electron chi connectivity index (χ4n) is 4.36. The third kappa shape index (κ3) is 7.88. The maximum absolute atomic E-state index is 13.6. The number of carbonyl (C=O) groups is 3. The molecule has 0 saturated carbocycles. The Labute approximate surface area is 268 Å². The Morgan fingerprint density at radius 3 is 2.38 bits per heavy atom. The van der Waals surface area contributed by atoms with Crippen LogP contribution in [0.25, 0.3) is 16.3 Å². The number of fused-ring (bicyclic) bond motifs is 1. The fraction of sp³-hybridized carbons (Fsp3) is 0.118. The number of thioether (sulfide) groups is 1. The molecule has 0 fully saturated rings. The average molecular weight is 639 g/mol. The summed E-state index contributed by atoms with van der Waals surface area (Å²) in [5.41, 5.74) is 2.25. The van der Waals surface area contributed by atoms with Crippen molar-refractivity contribution in [3.63, 3.8) is 0 Å². The molecule has 1 heterocycles. The van der Waals surface area contributed by atoms with E-state index in [1.807, 2.05) is 30.3 Å². The van der Waals surface area contributed by atoms with Gasteiger partial charge in [0.15, 0.2) is 16.6 Å². The second kappa shape index (κ2) is 14.6. The van der Waals surface area contributed by atoms with Gasteiger partial charge in [0.2, 0.25) is 5.91 Å². The van der Waals surface area contributed by atoms with Crippen LogP contribution >= 0.6 is 23.1 Å². The van der Waals surface area contributed by atoms with Crippen LogP contribution in [0.2, 0.25) is 0 Å². The van der Waals surface area contributed by atoms with Crippen molar-refractivity contribution in [2.24, 2.45) is 0 Å². The summed E-state index contributed by atoms with van der Waals surface area (Å²) in [6.45, 7) is 1.81. The first kappa shape index (κ1) is 31.3. The predicted octanol–water partition coefficient (Wildman–Crippen LogP) is 6.84. The molecule has 9 nitrogen and oxygen atoms in total. The second-order valence-corrected chi connectivity index (χ2v) is 12.1. The van der Waals surface area contributed by atoms with Crippen LogP contribution in [0.3, 0.4) is 0 Å². The van der Waals surface area contributed by atoms with E-state index in [9.17, 15) is 14.4 Å². The number of carbonyl (C=O) groups excluding carboxylic acids is 3. The van der Waals surface area contributed by atoms with Gasteiger partial charge in [0, 0.05) is 21.7 Å². The molecule has 5 rings (SSSR count). The molecule has 45 heavy (non-hydrogen) atoms. The number of amides is 3. The molecule has 11 heteroatoms. The summed E-state index contributed by atoms with van der Waals surface area (Å²) < 4.78 is 11.9. The van der Waals surface area contributed by atoms with Crippen molar-refractivity contribution < 1.29 is 23.9 Å². The molecule has 0 aliphatic rings. The van der Waals surface area contributed by atoms with Crippen LogP contribution < -0.4 is 25.4 Å². The van der Waals surface area contributed by atoms with Crippen LogP contribution in [0, 0.1) is 0 Å². The van der Waals surface area contributed by atoms with Crippen molar-refractivity contribution in [2.45, 2.75) is 17.1 Å². The van der Waals surface area contributed by atoms with E-state index < -0.39 is 17.1 Å². The quantitative estimate of drug-likeness (QED) is 0.107. The number of anilines is 2. The summed E-state index contributed by atoms with van der Waals surface area (Å²) >= 11 is 2.76. The number of aromatic nitrogens is 1. The highest BCUT2D eigenvalue weighted by atomic mass is 32.2. The zero-order valence-electron chi connectivity index (χ0n) is 24.7. The summed E-state index contributed by atoms with van der Waals surface area (Å²) in [7, 11) is 3.02. The second-order valence-electron chi connectivity index (χ2n) is 9.68. The number of rotatable bonds is 11. The first-order valence-electron chi connectivity index (χ1n) is 13.9. The Kier molecular flexibility index (Phi) is 10.1. The van der Waals surface area contributed by atoms with Crippen LogP contribution in [-0.4, -0.2) is 42.2 Å². The standard InChI is InChI=1S/C34H30N4O5S2/c1-21(31(39)38-34-37-26-16-7-8-18-29(26)45-34)44-25-15-10-14-24(20-25)35-33(41)27(36-32(40)22-11-5-4-6-12-22)19-23-13-9-17-28(42-2)30(23)43-3/h4-21H,1-3H3,(H,35,41)(H,36,40)(H,37,38,39)/b27-19+. The van der Waals surface area contributed by atoms with E-state index >= 15 is 0 Å². The van der Waals surface area contributed by atoms with Gasteiger partial charge in [-0.05, 0) is 61.5 Å². The van der Waals surface area contributed by atoms with Crippen molar-refractivity contribution in [1.29, 1.82) is 0 Å². The highest BCUT2D eigenvalue weighted by molar-refractivity contribution is 8.00. The lowest BCUT2D eigenvalue weighted by Gasteiger charge is -2.15. The van der Waals surface area contributed by atoms with Gasteiger partial charge in [0.1, 0.15) is 5.70 Å². The topological polar surface area (TPSA) is 119 Å². The smallest absolute Gasteiger partial charge is 0.272 e. The largest absolute Gasteiger partial charge is 0.493 e. The molecular weight excluding hydrogens is 609 g/mol. The van der Waals surface area contributed by atoms with Crippen molar-refractivity contribution in [3.05, 3.63) is 114 Å². The molecule has 0 aliphatic carbocycles. The van der Waals surface area contributed by atoms with Crippen LogP contribution in [0.15, 0.2) is 108 Å². The third-order valence-corrected chi connectivity index (χ3v) is 8.61. The number of nitrogens with one attached hydrogen (secondary N) is 3. The molecule has 4 aromatic carbocycles. The molecule has 1 aromatic heterocycles. The van der Waals surface area contributed by atoms with Gasteiger partial charge >= 0.3 is 0 Å². The number of hydrogen-bond donors (Lipinski definition) is 3. The monoisotopic (exact) mass is 638 g/mol. The summed E-state index contributed by atoms with van der Waals surface area (Å²) in [4.78, 5) is 44.9. The van der Waals surface area contributed by atoms with Gasteiger partial charge in [-0.1, -0.05) is 59.9 Å². The molecule has 228 valence electrons. The first-order chi connectivity index (χ1) is 21.8. The van der Waals surface area contributed by atoms with Gasteiger partial charge in [-0.3, -0.25) is 14.4 Å². The van der Waals surface area contributed by atoms with Gasteiger partial charge in [-0.25, -0.2) is 4.98 Å². The minimum atomic E-state index is -0.548. The zero-order chi connectivity index (χ0) is 31.8. The van der Waals surface area contributed by atoms with Gasteiger partial charge in [-0.2, -0.15) is 0 Å². The van der Waals surface area contributed by atoms with E-state index in [4.69, 9.17) is 9.47 Å². The highest BCUT2D eigenvalue weighted by Gasteiger charge is 2.19. The SMILES string of the molecule is COc1cccc(/C=C(/NC(=O)c2ccccc2)C(=O)Nc2cccc(SC(C)C(=O)Nc3nc4ccccc4s3)c2)c1OC. The molecule has 3 N–H and O–H groups in total. The maximum Gasteiger partial charge on any atom is 0.272 e. The van der Waals surface area contributed by atoms with Crippen LogP contribution in [0.4, 0.5) is 10.8 Å². The molecule has 0 aliphatic heterocycles. The van der Waals surface area contributed by atoms with Crippen molar-refractivity contribution in [2.75, 3.05) is 24.9 Å². The van der Waals surface area contributed by atoms with E-state index in [0.717, 1.165) is 15.1 Å². The van der Waals surface area contributed by atoms with Crippen LogP contribution in [0.5, 0.6) is 11.5 Å². The Balaban J connectivity index is 1.33. The molecule has 3 amide bonds. The molecular formula is C34H30N4O5S2. The number of hydrogen-bond acceptors (Lipinski definition) is 8. The summed E-state index contributed by atoms with van der Waals surface area (Å²) in [5.74, 6) is -0.291. The normalized spacial score (nSPS) is 11.8. The lowest BCUT2D eigenvalue weighted by molar-refractivity contribution is -0.115. The molecule has 0 saturated heterocycles. The fourth-order valence-corrected chi connectivity index (χ4v) is 6.15. The molecule has 1 unspecified atom stereocenters. The van der Waals surface area contributed by atoms with Gasteiger partial charge in [-0.15, -0.1) is 11.8 Å². The maximum atomic E-state index is 13.6. The summed E-state index contributed by atoms with van der Waals surface area (Å²) in [6, 6.07) is 28.7. The molecule has 0 spiro atoms. The first-order valence-corrected chi connectivity index (χ1v) is 15.6. The van der Waals surface area contributed by atoms with E-state index in [2.05, 4.69) is 20.9 Å². The number of benzene rings is 4. The minimum absolute atomic E-state index is 0.00274. The van der Waals surface area contributed by atoms with Gasteiger partial charge in [0.05, 0.1) is 29.7 Å². The van der Waals surface area contributed by atoms with Crippen LogP contribution in [0.1, 0.15) is 22.8 Å². The number of ether oxygens (including phenoxy) is 2. The van der Waals surface area contributed by atoms with Crippen molar-refractivity contribution in [1.82, 2.24) is 10.3 Å². The average Bonchev–Trinajstić information content (AvgIpc) is 3.47. The Morgan fingerprint density at radius 2 is 1.62 bits per heavy atom. The summed E-state index contributed by atoms with van der Waals surface area (Å²) in [5, 5.41) is 8.60.